The van der Waals surface area contributed by atoms with Crippen molar-refractivity contribution in [3.63, 3.8) is 0 Å². The number of aryl methyl sites for hydroxylation is 1. The summed E-state index contributed by atoms with van der Waals surface area (Å²) in [6, 6.07) is 20.1. The molecule has 0 aromatic heterocycles. The van der Waals surface area contributed by atoms with Crippen molar-refractivity contribution in [1.82, 2.24) is 4.90 Å². The lowest BCUT2D eigenvalue weighted by molar-refractivity contribution is -0.0425. The van der Waals surface area contributed by atoms with Gasteiger partial charge in [-0.05, 0) is 95.7 Å². The van der Waals surface area contributed by atoms with Crippen LogP contribution in [0.2, 0.25) is 10.0 Å². The zero-order valence-corrected chi connectivity index (χ0v) is 22.3. The Hall–Kier alpha value is -2.21. The van der Waals surface area contributed by atoms with E-state index in [2.05, 4.69) is 29.2 Å². The van der Waals surface area contributed by atoms with Gasteiger partial charge in [-0.1, -0.05) is 71.7 Å². The van der Waals surface area contributed by atoms with Gasteiger partial charge in [-0.15, -0.1) is 0 Å². The molecule has 194 valence electrons. The quantitative estimate of drug-likeness (QED) is 0.300. The lowest BCUT2D eigenvalue weighted by atomic mass is 9.79. The zero-order valence-electron chi connectivity index (χ0n) is 20.8. The molecule has 1 aliphatic heterocycles. The molecule has 1 heterocycles. The van der Waals surface area contributed by atoms with E-state index >= 15 is 0 Å². The smallest absolute Gasteiger partial charge is 0.178 e. The Balaban J connectivity index is 1.48. The van der Waals surface area contributed by atoms with Crippen molar-refractivity contribution in [2.75, 3.05) is 26.3 Å². The number of allylic oxidation sites excluding steroid dienone is 1. The fourth-order valence-electron chi connectivity index (χ4n) is 5.81. The molecular weight excluding hydrogens is 508 g/mol. The molecule has 3 nitrogen and oxygen atoms in total. The molecule has 1 unspecified atom stereocenters. The Morgan fingerprint density at radius 2 is 1.73 bits per heavy atom. The summed E-state index contributed by atoms with van der Waals surface area (Å²) >= 11 is 12.9. The molecule has 0 amide bonds. The molecule has 1 atom stereocenters. The Kier molecular flexibility index (Phi) is 8.33. The number of likely N-dealkylation sites (tertiary alicyclic amines) is 1. The first kappa shape index (κ1) is 26.4. The Morgan fingerprint density at radius 3 is 2.46 bits per heavy atom. The molecule has 3 aromatic rings. The minimum atomic E-state index is -1.49. The number of benzene rings is 3. The average Bonchev–Trinajstić information content (AvgIpc) is 3.34. The van der Waals surface area contributed by atoms with E-state index in [4.69, 9.17) is 23.2 Å². The molecule has 0 spiro atoms. The second-order valence-electron chi connectivity index (χ2n) is 10.2. The van der Waals surface area contributed by atoms with Crippen molar-refractivity contribution >= 4 is 34.3 Å². The summed E-state index contributed by atoms with van der Waals surface area (Å²) in [5.41, 5.74) is 8.36. The molecular formula is C31H32Cl2FNO2. The van der Waals surface area contributed by atoms with Crippen molar-refractivity contribution < 1.29 is 14.6 Å². The molecule has 3 aromatic carbocycles. The average molecular weight is 541 g/mol. The van der Waals surface area contributed by atoms with Gasteiger partial charge in [0.25, 0.3) is 0 Å². The van der Waals surface area contributed by atoms with E-state index in [1.807, 2.05) is 24.3 Å². The van der Waals surface area contributed by atoms with Crippen molar-refractivity contribution in [2.24, 2.45) is 5.92 Å². The van der Waals surface area contributed by atoms with E-state index in [0.717, 1.165) is 73.1 Å². The molecule has 0 radical (unpaired) electrons. The van der Waals surface area contributed by atoms with Crippen LogP contribution >= 0.6 is 23.2 Å². The highest BCUT2D eigenvalue weighted by Crippen LogP contribution is 2.43. The summed E-state index contributed by atoms with van der Waals surface area (Å²) in [6.07, 6.45) is 2.88. The predicted molar refractivity (Wildman–Crippen MR) is 150 cm³/mol. The number of rotatable bonds is 8. The predicted octanol–water partition coefficient (Wildman–Crippen LogP) is 7.11. The number of nitrogens with zero attached hydrogens (tertiary/aromatic N) is 1. The van der Waals surface area contributed by atoms with E-state index in [1.165, 1.54) is 11.1 Å². The molecule has 1 saturated heterocycles. The molecule has 2 N–H and O–H groups in total. The van der Waals surface area contributed by atoms with Crippen LogP contribution in [-0.2, 0) is 12.8 Å². The van der Waals surface area contributed by atoms with Crippen LogP contribution in [0.25, 0.3) is 11.1 Å². The number of hydrogen-bond donors (Lipinski definition) is 2. The maximum Gasteiger partial charge on any atom is 0.178 e. The van der Waals surface area contributed by atoms with E-state index in [9.17, 15) is 14.6 Å². The first-order chi connectivity index (χ1) is 17.9. The van der Waals surface area contributed by atoms with Crippen LogP contribution < -0.4 is 0 Å². The fourth-order valence-corrected chi connectivity index (χ4v) is 6.33. The maximum absolute atomic E-state index is 12.5. The second-order valence-corrected chi connectivity index (χ2v) is 11.0. The van der Waals surface area contributed by atoms with Gasteiger partial charge in [0, 0.05) is 28.7 Å². The molecule has 0 saturated carbocycles. The number of hydrogen-bond acceptors (Lipinski definition) is 3. The van der Waals surface area contributed by atoms with E-state index in [0.29, 0.717) is 27.9 Å². The Bertz CT molecular complexity index is 1290. The Labute approximate surface area is 228 Å². The standard InChI is InChI=1S/C31H32Cl2FNO2/c32-25-8-11-27(29(33)18-25)28-10-6-23-17-24(31(36)37)7-9-26(23)30(28)22-4-2-20(3-5-22)16-21-12-15-35(19-21)14-1-13-34/h2-5,7-9,11,17-18,21,31,36-37H,1,6,10,12-16,19H2. The third-order valence-electron chi connectivity index (χ3n) is 7.64. The van der Waals surface area contributed by atoms with Crippen LogP contribution in [0.3, 0.4) is 0 Å². The van der Waals surface area contributed by atoms with Crippen molar-refractivity contribution in [3.05, 3.63) is 104 Å². The number of fused-ring (bicyclic) bond motifs is 1. The number of aliphatic hydroxyl groups excluding tert-OH is 1. The van der Waals surface area contributed by atoms with Gasteiger partial charge >= 0.3 is 0 Å². The summed E-state index contributed by atoms with van der Waals surface area (Å²) in [4.78, 5) is 2.38. The summed E-state index contributed by atoms with van der Waals surface area (Å²) in [5, 5.41) is 20.6. The number of alkyl halides is 1. The Morgan fingerprint density at radius 1 is 0.946 bits per heavy atom. The van der Waals surface area contributed by atoms with Crippen LogP contribution in [0.4, 0.5) is 4.39 Å². The minimum absolute atomic E-state index is 0.243. The normalized spacial score (nSPS) is 18.1. The van der Waals surface area contributed by atoms with Crippen LogP contribution in [0, 0.1) is 5.92 Å². The SMILES string of the molecule is OC(O)c1ccc2c(c1)CCC(c1ccc(Cl)cc1Cl)=C2c1ccc(CC2CCN(CCCF)C2)cc1. The lowest BCUT2D eigenvalue weighted by Crippen LogP contribution is -2.22. The van der Waals surface area contributed by atoms with Crippen LogP contribution in [0.5, 0.6) is 0 Å². The van der Waals surface area contributed by atoms with E-state index in [1.54, 1.807) is 12.1 Å². The monoisotopic (exact) mass is 539 g/mol. The van der Waals surface area contributed by atoms with Gasteiger partial charge in [0.05, 0.1) is 6.67 Å². The summed E-state index contributed by atoms with van der Waals surface area (Å²) in [5.74, 6) is 0.604. The van der Waals surface area contributed by atoms with Crippen molar-refractivity contribution in [2.45, 2.75) is 38.4 Å². The summed E-state index contributed by atoms with van der Waals surface area (Å²) < 4.78 is 12.5. The third-order valence-corrected chi connectivity index (χ3v) is 8.19. The fraction of sp³-hybridized carbons (Fsp3) is 0.355. The molecule has 0 bridgehead atoms. The zero-order chi connectivity index (χ0) is 25.9. The largest absolute Gasteiger partial charge is 0.364 e. The molecule has 5 rings (SSSR count). The van der Waals surface area contributed by atoms with E-state index in [-0.39, 0.29) is 6.67 Å². The molecule has 37 heavy (non-hydrogen) atoms. The third kappa shape index (κ3) is 5.94. The molecule has 2 aliphatic rings. The number of halogens is 3. The van der Waals surface area contributed by atoms with Crippen molar-refractivity contribution in [3.8, 4) is 0 Å². The van der Waals surface area contributed by atoms with Gasteiger partial charge in [-0.2, -0.15) is 0 Å². The molecule has 1 fully saturated rings. The van der Waals surface area contributed by atoms with Crippen molar-refractivity contribution in [1.29, 1.82) is 0 Å². The topological polar surface area (TPSA) is 43.7 Å². The van der Waals surface area contributed by atoms with Gasteiger partial charge in [0.15, 0.2) is 6.29 Å². The highest BCUT2D eigenvalue weighted by atomic mass is 35.5. The highest BCUT2D eigenvalue weighted by Gasteiger charge is 2.25. The van der Waals surface area contributed by atoms with Gasteiger partial charge < -0.3 is 15.1 Å². The van der Waals surface area contributed by atoms with E-state index < -0.39 is 6.29 Å². The highest BCUT2D eigenvalue weighted by molar-refractivity contribution is 6.36. The van der Waals surface area contributed by atoms with Gasteiger partial charge in [-0.25, -0.2) is 0 Å². The van der Waals surface area contributed by atoms with Gasteiger partial charge in [0.2, 0.25) is 0 Å². The first-order valence-electron chi connectivity index (χ1n) is 13.0. The maximum atomic E-state index is 12.5. The number of aliphatic hydroxyl groups is 2. The summed E-state index contributed by atoms with van der Waals surface area (Å²) in [6.45, 7) is 2.71. The molecule has 6 heteroatoms. The molecule has 1 aliphatic carbocycles. The van der Waals surface area contributed by atoms with Gasteiger partial charge in [-0.3, -0.25) is 4.39 Å². The minimum Gasteiger partial charge on any atom is -0.364 e. The van der Waals surface area contributed by atoms with Crippen LogP contribution in [-0.4, -0.2) is 41.4 Å². The lowest BCUT2D eigenvalue weighted by Gasteiger charge is -2.26. The van der Waals surface area contributed by atoms with Crippen LogP contribution in [0.15, 0.2) is 60.7 Å². The summed E-state index contributed by atoms with van der Waals surface area (Å²) in [7, 11) is 0. The first-order valence-corrected chi connectivity index (χ1v) is 13.7. The van der Waals surface area contributed by atoms with Gasteiger partial charge in [0.1, 0.15) is 0 Å². The second kappa shape index (κ2) is 11.7. The van der Waals surface area contributed by atoms with Crippen LogP contribution in [0.1, 0.15) is 58.9 Å².